The molecule has 0 aromatic carbocycles. The highest BCUT2D eigenvalue weighted by Gasteiger charge is 2.04. The molecule has 0 radical (unpaired) electrons. The fourth-order valence-corrected chi connectivity index (χ4v) is 2.00. The molecule has 0 aliphatic heterocycles. The van der Waals surface area contributed by atoms with Gasteiger partial charge in [0.2, 0.25) is 5.88 Å². The predicted molar refractivity (Wildman–Crippen MR) is 84.6 cm³/mol. The second kappa shape index (κ2) is 7.18. The molecule has 0 aliphatic rings. The van der Waals surface area contributed by atoms with Crippen molar-refractivity contribution in [3.63, 3.8) is 0 Å². The van der Waals surface area contributed by atoms with E-state index in [0.29, 0.717) is 17.5 Å². The van der Waals surface area contributed by atoms with E-state index in [1.165, 1.54) is 5.56 Å². The van der Waals surface area contributed by atoms with Crippen molar-refractivity contribution >= 4 is 0 Å². The van der Waals surface area contributed by atoms with Crippen molar-refractivity contribution in [3.8, 4) is 11.6 Å². The summed E-state index contributed by atoms with van der Waals surface area (Å²) in [6.07, 6.45) is 1.72. The van der Waals surface area contributed by atoms with Crippen LogP contribution < -0.4 is 10.1 Å². The molecule has 0 saturated carbocycles. The molecule has 0 aliphatic carbocycles. The van der Waals surface area contributed by atoms with Gasteiger partial charge in [-0.05, 0) is 50.1 Å². The van der Waals surface area contributed by atoms with E-state index >= 15 is 0 Å². The molecule has 0 saturated heterocycles. The molecule has 2 rings (SSSR count). The molecule has 0 amide bonds. The first-order valence-electron chi connectivity index (χ1n) is 7.31. The van der Waals surface area contributed by atoms with E-state index < -0.39 is 0 Å². The first-order chi connectivity index (χ1) is 10.0. The number of ether oxygens (including phenoxy) is 1. The van der Waals surface area contributed by atoms with Crippen molar-refractivity contribution in [2.75, 3.05) is 6.54 Å². The third-order valence-corrected chi connectivity index (χ3v) is 2.98. The maximum atomic E-state index is 5.78. The fourth-order valence-electron chi connectivity index (χ4n) is 2.00. The zero-order valence-electron chi connectivity index (χ0n) is 13.2. The van der Waals surface area contributed by atoms with Crippen LogP contribution in [0, 0.1) is 19.8 Å². The molecule has 4 heteroatoms. The van der Waals surface area contributed by atoms with E-state index in [1.807, 2.05) is 32.0 Å². The lowest BCUT2D eigenvalue weighted by Crippen LogP contribution is -2.19. The minimum atomic E-state index is 0.613. The minimum Gasteiger partial charge on any atom is -0.437 e. The zero-order valence-corrected chi connectivity index (χ0v) is 13.2. The summed E-state index contributed by atoms with van der Waals surface area (Å²) < 4.78 is 5.78. The number of rotatable bonds is 6. The Kier molecular flexibility index (Phi) is 5.28. The van der Waals surface area contributed by atoms with Gasteiger partial charge in [0.25, 0.3) is 0 Å². The molecule has 0 bridgehead atoms. The summed E-state index contributed by atoms with van der Waals surface area (Å²) >= 11 is 0. The van der Waals surface area contributed by atoms with Crippen LogP contribution in [0.15, 0.2) is 30.5 Å². The van der Waals surface area contributed by atoms with Gasteiger partial charge in [0.15, 0.2) is 0 Å². The van der Waals surface area contributed by atoms with Crippen LogP contribution in [-0.2, 0) is 6.54 Å². The summed E-state index contributed by atoms with van der Waals surface area (Å²) in [4.78, 5) is 8.64. The van der Waals surface area contributed by atoms with Crippen LogP contribution in [-0.4, -0.2) is 16.5 Å². The highest BCUT2D eigenvalue weighted by atomic mass is 16.5. The molecule has 4 nitrogen and oxygen atoms in total. The molecule has 2 heterocycles. The second-order valence-corrected chi connectivity index (χ2v) is 5.72. The van der Waals surface area contributed by atoms with Gasteiger partial charge in [0, 0.05) is 24.0 Å². The monoisotopic (exact) mass is 285 g/mol. The minimum absolute atomic E-state index is 0.613. The van der Waals surface area contributed by atoms with Crippen molar-refractivity contribution in [3.05, 3.63) is 47.4 Å². The SMILES string of the molecule is Cc1ccc(Oc2cc(CNCC(C)C)cc(C)n2)cn1. The first-order valence-corrected chi connectivity index (χ1v) is 7.31. The average molecular weight is 285 g/mol. The van der Waals surface area contributed by atoms with Crippen LogP contribution in [0.25, 0.3) is 0 Å². The fraction of sp³-hybridized carbons (Fsp3) is 0.412. The van der Waals surface area contributed by atoms with Gasteiger partial charge in [-0.3, -0.25) is 4.98 Å². The molecule has 1 N–H and O–H groups in total. The van der Waals surface area contributed by atoms with Gasteiger partial charge in [-0.2, -0.15) is 0 Å². The maximum Gasteiger partial charge on any atom is 0.219 e. The largest absolute Gasteiger partial charge is 0.437 e. The number of pyridine rings is 2. The lowest BCUT2D eigenvalue weighted by atomic mass is 10.2. The molecular formula is C17H23N3O. The third kappa shape index (κ3) is 5.16. The van der Waals surface area contributed by atoms with E-state index in [9.17, 15) is 0 Å². The van der Waals surface area contributed by atoms with Gasteiger partial charge in [0.1, 0.15) is 5.75 Å². The standard InChI is InChI=1S/C17H23N3O/c1-12(2)9-18-10-15-7-14(4)20-17(8-15)21-16-6-5-13(3)19-11-16/h5-8,11-12,18H,9-10H2,1-4H3. The smallest absolute Gasteiger partial charge is 0.219 e. The molecule has 2 aromatic heterocycles. The van der Waals surface area contributed by atoms with Crippen LogP contribution in [0.3, 0.4) is 0 Å². The molecule has 0 atom stereocenters. The number of hydrogen-bond donors (Lipinski definition) is 1. The quantitative estimate of drug-likeness (QED) is 0.880. The summed E-state index contributed by atoms with van der Waals surface area (Å²) in [6, 6.07) is 7.88. The van der Waals surface area contributed by atoms with Crippen LogP contribution in [0.4, 0.5) is 0 Å². The Labute approximate surface area is 126 Å². The van der Waals surface area contributed by atoms with E-state index in [2.05, 4.69) is 35.2 Å². The van der Waals surface area contributed by atoms with Crippen molar-refractivity contribution < 1.29 is 4.74 Å². The summed E-state index contributed by atoms with van der Waals surface area (Å²) in [5, 5.41) is 3.43. The predicted octanol–water partition coefficient (Wildman–Crippen LogP) is 3.63. The van der Waals surface area contributed by atoms with Crippen molar-refractivity contribution in [2.24, 2.45) is 5.92 Å². The van der Waals surface area contributed by atoms with Gasteiger partial charge >= 0.3 is 0 Å². The number of nitrogens with one attached hydrogen (secondary N) is 1. The van der Waals surface area contributed by atoms with Crippen LogP contribution in [0.1, 0.15) is 30.8 Å². The van der Waals surface area contributed by atoms with Gasteiger partial charge in [0.05, 0.1) is 6.20 Å². The second-order valence-electron chi connectivity index (χ2n) is 5.72. The average Bonchev–Trinajstić information content (AvgIpc) is 2.40. The van der Waals surface area contributed by atoms with E-state index in [-0.39, 0.29) is 0 Å². The molecular weight excluding hydrogens is 262 g/mol. The summed E-state index contributed by atoms with van der Waals surface area (Å²) in [6.45, 7) is 10.1. The van der Waals surface area contributed by atoms with Crippen molar-refractivity contribution in [1.29, 1.82) is 0 Å². The van der Waals surface area contributed by atoms with Crippen LogP contribution in [0.2, 0.25) is 0 Å². The number of nitrogens with zero attached hydrogens (tertiary/aromatic N) is 2. The Morgan fingerprint density at radius 3 is 2.62 bits per heavy atom. The van der Waals surface area contributed by atoms with Crippen molar-refractivity contribution in [2.45, 2.75) is 34.2 Å². The molecule has 112 valence electrons. The third-order valence-electron chi connectivity index (χ3n) is 2.98. The number of aryl methyl sites for hydroxylation is 2. The number of hydrogen-bond acceptors (Lipinski definition) is 4. The lowest BCUT2D eigenvalue weighted by Gasteiger charge is -2.10. The summed E-state index contributed by atoms with van der Waals surface area (Å²) in [5.41, 5.74) is 3.10. The molecule has 0 unspecified atom stereocenters. The van der Waals surface area contributed by atoms with Gasteiger partial charge in [-0.25, -0.2) is 4.98 Å². The van der Waals surface area contributed by atoms with E-state index in [1.54, 1.807) is 6.20 Å². The topological polar surface area (TPSA) is 47.0 Å². The Bertz CT molecular complexity index is 579. The Morgan fingerprint density at radius 1 is 1.14 bits per heavy atom. The molecule has 0 fully saturated rings. The number of aromatic nitrogens is 2. The molecule has 21 heavy (non-hydrogen) atoms. The molecule has 0 spiro atoms. The van der Waals surface area contributed by atoms with Gasteiger partial charge in [-0.15, -0.1) is 0 Å². The lowest BCUT2D eigenvalue weighted by molar-refractivity contribution is 0.457. The van der Waals surface area contributed by atoms with E-state index in [0.717, 1.165) is 24.5 Å². The van der Waals surface area contributed by atoms with Crippen LogP contribution in [0.5, 0.6) is 11.6 Å². The normalized spacial score (nSPS) is 10.9. The van der Waals surface area contributed by atoms with E-state index in [4.69, 9.17) is 4.74 Å². The Morgan fingerprint density at radius 2 is 1.95 bits per heavy atom. The van der Waals surface area contributed by atoms with Crippen molar-refractivity contribution in [1.82, 2.24) is 15.3 Å². The van der Waals surface area contributed by atoms with Gasteiger partial charge in [-0.1, -0.05) is 13.8 Å². The van der Waals surface area contributed by atoms with Gasteiger partial charge < -0.3 is 10.1 Å². The zero-order chi connectivity index (χ0) is 15.2. The first kappa shape index (κ1) is 15.4. The highest BCUT2D eigenvalue weighted by molar-refractivity contribution is 5.29. The Balaban J connectivity index is 2.05. The summed E-state index contributed by atoms with van der Waals surface area (Å²) in [7, 11) is 0. The van der Waals surface area contributed by atoms with Crippen LogP contribution >= 0.6 is 0 Å². The Hall–Kier alpha value is -1.94. The molecule has 2 aromatic rings. The maximum absolute atomic E-state index is 5.78. The summed E-state index contributed by atoms with van der Waals surface area (Å²) in [5.74, 6) is 1.96. The highest BCUT2D eigenvalue weighted by Crippen LogP contribution is 2.20.